The summed E-state index contributed by atoms with van der Waals surface area (Å²) in [6, 6.07) is 0. The molecule has 0 bridgehead atoms. The molecule has 0 amide bonds. The second kappa shape index (κ2) is 9.50. The van der Waals surface area contributed by atoms with Gasteiger partial charge in [-0.2, -0.15) is 0 Å². The molecule has 0 saturated heterocycles. The fourth-order valence-electron chi connectivity index (χ4n) is 0.180. The van der Waals surface area contributed by atoms with Crippen LogP contribution < -0.4 is 0 Å². The Morgan fingerprint density at radius 1 is 1.82 bits per heavy atom. The molecule has 3 atom stereocenters. The van der Waals surface area contributed by atoms with Gasteiger partial charge in [-0.05, 0) is 11.3 Å². The maximum absolute atomic E-state index is 10.1. The predicted molar refractivity (Wildman–Crippen MR) is 69.5 cm³/mol. The number of hydrogen-bond donors (Lipinski definition) is 1. The molecule has 0 aliphatic carbocycles. The molecule has 0 spiro atoms. The first-order valence-corrected chi connectivity index (χ1v) is 9.50. The van der Waals surface area contributed by atoms with E-state index >= 15 is 0 Å². The van der Waals surface area contributed by atoms with Crippen LogP contribution in [0.15, 0.2) is 4.40 Å². The van der Waals surface area contributed by atoms with Crippen LogP contribution >= 0.6 is 36.9 Å². The quantitative estimate of drug-likeness (QED) is 0.341. The molecule has 0 aliphatic rings. The molecule has 2 unspecified atom stereocenters. The average molecular weight is 327 g/mol. The lowest BCUT2D eigenvalue weighted by Crippen LogP contribution is -2.05. The minimum absolute atomic E-state index is 0.0727. The lowest BCUT2D eigenvalue weighted by molar-refractivity contribution is 0.607. The molecule has 2 nitrogen and oxygen atoms in total. The first-order valence-electron chi connectivity index (χ1n) is 3.28. The Hall–Kier alpha value is 1.41. The summed E-state index contributed by atoms with van der Waals surface area (Å²) in [5, 5.41) is 0. The molecular formula is C5H14INOP2S. The number of thiol groups is 1. The molecule has 0 aromatic carbocycles. The third-order valence-corrected chi connectivity index (χ3v) is 0.675. The molecule has 0 aromatic rings. The molecule has 11 heavy (non-hydrogen) atoms. The topological polar surface area (TPSA) is 29.4 Å². The van der Waals surface area contributed by atoms with Gasteiger partial charge in [-0.25, -0.2) is 8.61 Å². The predicted octanol–water partition coefficient (Wildman–Crippen LogP) is 2.77. The van der Waals surface area contributed by atoms with E-state index in [1.165, 1.54) is 6.21 Å². The summed E-state index contributed by atoms with van der Waals surface area (Å²) in [4.78, 5) is 0. The highest BCUT2D eigenvalue weighted by Gasteiger charge is 2.03. The maximum Gasteiger partial charge on any atom is 0.166 e. The van der Waals surface area contributed by atoms with E-state index in [0.29, 0.717) is 0 Å². The van der Waals surface area contributed by atoms with Gasteiger partial charge >= 0.3 is 0 Å². The molecule has 6 heteroatoms. The zero-order chi connectivity index (χ0) is 10.2. The van der Waals surface area contributed by atoms with Gasteiger partial charge in [0.2, 0.25) is 0 Å². The highest BCUT2D eigenvalue weighted by atomic mass is 127. The zero-order valence-electron chi connectivity index (χ0n) is 7.80. The molecule has 0 rings (SSSR count). The van der Waals surface area contributed by atoms with E-state index in [-0.39, 0.29) is 5.41 Å². The van der Waals surface area contributed by atoms with Gasteiger partial charge in [-0.1, -0.05) is 42.8 Å². The van der Waals surface area contributed by atoms with Crippen LogP contribution in [0.2, 0.25) is 0 Å². The van der Waals surface area contributed by atoms with Crippen LogP contribution in [0.5, 0.6) is 0 Å². The van der Waals surface area contributed by atoms with Crippen LogP contribution in [0.25, 0.3) is 0 Å². The van der Waals surface area contributed by atoms with Crippen LogP contribution in [0.3, 0.4) is 0 Å². The number of halogens is 1. The van der Waals surface area contributed by atoms with Crippen LogP contribution in [0.4, 0.5) is 0 Å². The standard InChI is InChI=1S/C5H11NOS.H3IP2/c1-5(2,3)4-6-8-7;1-3-2/h4,8H,1-3H3;3H,2H2/i8T;. The van der Waals surface area contributed by atoms with Gasteiger partial charge < -0.3 is 0 Å². The Morgan fingerprint density at radius 3 is 2.27 bits per heavy atom. The SMILES string of the molecule is PPI.[3H][S@](=O)N=CC(C)(C)C. The van der Waals surface area contributed by atoms with E-state index < -0.39 is 11.8 Å². The van der Waals surface area contributed by atoms with E-state index in [1.54, 1.807) is 0 Å². The molecule has 0 heterocycles. The van der Waals surface area contributed by atoms with E-state index in [1.807, 2.05) is 20.8 Å². The Kier molecular flexibility index (Phi) is 10.7. The van der Waals surface area contributed by atoms with Crippen molar-refractivity contribution in [3.63, 3.8) is 0 Å². The Morgan fingerprint density at radius 2 is 2.18 bits per heavy atom. The molecule has 0 fully saturated rings. The van der Waals surface area contributed by atoms with Gasteiger partial charge in [0.15, 0.2) is 1.12 Å². The molecular weight excluding hydrogens is 311 g/mol. The van der Waals surface area contributed by atoms with E-state index in [2.05, 4.69) is 35.4 Å². The van der Waals surface area contributed by atoms with Crippen molar-refractivity contribution in [3.8, 4) is 0 Å². The van der Waals surface area contributed by atoms with Crippen LogP contribution in [-0.4, -0.2) is 11.5 Å². The molecule has 0 N–H and O–H groups in total. The van der Waals surface area contributed by atoms with Crippen molar-refractivity contribution >= 4 is 54.9 Å². The Balaban J connectivity index is 0. The lowest BCUT2D eigenvalue weighted by Gasteiger charge is -2.07. The molecule has 0 aromatic heterocycles. The summed E-state index contributed by atoms with van der Waals surface area (Å²) >= 11 is 0.486. The van der Waals surface area contributed by atoms with Crippen LogP contribution in [0, 0.1) is 5.41 Å². The molecule has 0 saturated carbocycles. The highest BCUT2D eigenvalue weighted by molar-refractivity contribution is 14.2. The lowest BCUT2D eigenvalue weighted by atomic mass is 10.00. The van der Waals surface area contributed by atoms with Gasteiger partial charge in [0, 0.05) is 6.21 Å². The van der Waals surface area contributed by atoms with Gasteiger partial charge in [0.05, 0.1) is 0 Å². The summed E-state index contributed by atoms with van der Waals surface area (Å²) in [6.07, 6.45) is 1.52. The van der Waals surface area contributed by atoms with E-state index in [0.717, 1.165) is 5.91 Å². The first kappa shape index (κ1) is 12.4. The molecule has 68 valence electrons. The van der Waals surface area contributed by atoms with Crippen molar-refractivity contribution in [3.05, 3.63) is 0 Å². The maximum atomic E-state index is 10.1. The zero-order valence-corrected chi connectivity index (χ0v) is 11.9. The summed E-state index contributed by atoms with van der Waals surface area (Å²) in [7, 11) is 2.59. The van der Waals surface area contributed by atoms with Crippen molar-refractivity contribution in [2.45, 2.75) is 20.8 Å². The minimum atomic E-state index is -1.79. The normalized spacial score (nSPS) is 16.3. The molecule has 0 radical (unpaired) electrons. The fraction of sp³-hybridized carbons (Fsp3) is 0.800. The van der Waals surface area contributed by atoms with Crippen molar-refractivity contribution in [1.82, 2.24) is 0 Å². The summed E-state index contributed by atoms with van der Waals surface area (Å²) < 4.78 is 20.0. The van der Waals surface area contributed by atoms with E-state index in [9.17, 15) is 4.21 Å². The smallest absolute Gasteiger partial charge is 0.166 e. The Labute approximate surface area is 90.5 Å². The fourth-order valence-corrected chi connectivity index (χ4v) is 0.539. The largest absolute Gasteiger partial charge is 0.238 e. The number of rotatable bonds is 1. The average Bonchev–Trinajstić information content (AvgIpc) is 1.84. The monoisotopic (exact) mass is 327 g/mol. The van der Waals surface area contributed by atoms with Crippen molar-refractivity contribution in [2.75, 3.05) is 0 Å². The van der Waals surface area contributed by atoms with E-state index in [4.69, 9.17) is 1.12 Å². The van der Waals surface area contributed by atoms with Crippen molar-refractivity contribution in [1.29, 1.82) is 1.12 Å². The highest BCUT2D eigenvalue weighted by Crippen LogP contribution is 2.28. The van der Waals surface area contributed by atoms with Gasteiger partial charge in [-0.3, -0.25) is 0 Å². The third-order valence-electron chi connectivity index (χ3n) is 0.483. The Bertz CT molecular complexity index is 162. The van der Waals surface area contributed by atoms with Gasteiger partial charge in [0.25, 0.3) is 0 Å². The van der Waals surface area contributed by atoms with Crippen molar-refractivity contribution in [2.24, 2.45) is 9.81 Å². The minimum Gasteiger partial charge on any atom is -0.238 e. The first-order chi connectivity index (χ1) is 5.33. The van der Waals surface area contributed by atoms with Gasteiger partial charge in [0.1, 0.15) is 11.8 Å². The third kappa shape index (κ3) is 24.6. The summed E-state index contributed by atoms with van der Waals surface area (Å²) in [6.45, 7) is 5.80. The summed E-state index contributed by atoms with van der Waals surface area (Å²) in [5.74, 6) is 0.970. The number of hydrogen-bond acceptors (Lipinski definition) is 1. The van der Waals surface area contributed by atoms with Crippen molar-refractivity contribution < 1.29 is 4.21 Å². The summed E-state index contributed by atoms with van der Waals surface area (Å²) in [5.41, 5.74) is -0.0727. The second-order valence-electron chi connectivity index (χ2n) is 2.78. The molecule has 0 aliphatic heterocycles. The van der Waals surface area contributed by atoms with Crippen LogP contribution in [-0.2, 0) is 11.8 Å². The second-order valence-corrected chi connectivity index (χ2v) is 9.62. The number of nitrogens with zero attached hydrogens (tertiary/aromatic N) is 1. The van der Waals surface area contributed by atoms with Gasteiger partial charge in [-0.15, -0.1) is 8.93 Å². The van der Waals surface area contributed by atoms with Crippen LogP contribution in [0.1, 0.15) is 20.8 Å².